The zero-order valence-corrected chi connectivity index (χ0v) is 19.4. The number of nitrogens with one attached hydrogen (secondary N) is 3. The van der Waals surface area contributed by atoms with Gasteiger partial charge in [-0.2, -0.15) is 0 Å². The Kier molecular flexibility index (Phi) is 5.47. The predicted molar refractivity (Wildman–Crippen MR) is 124 cm³/mol. The van der Waals surface area contributed by atoms with Gasteiger partial charge in [-0.3, -0.25) is 19.0 Å². The van der Waals surface area contributed by atoms with E-state index >= 15 is 0 Å². The summed E-state index contributed by atoms with van der Waals surface area (Å²) in [4.78, 5) is 49.7. The molecule has 0 spiro atoms. The van der Waals surface area contributed by atoms with Crippen molar-refractivity contribution in [2.24, 2.45) is 0 Å². The van der Waals surface area contributed by atoms with Crippen molar-refractivity contribution in [2.75, 3.05) is 32.5 Å². The number of pyridine rings is 1. The smallest absolute Gasteiger partial charge is 0.276 e. The summed E-state index contributed by atoms with van der Waals surface area (Å²) < 4.78 is 1.46. The van der Waals surface area contributed by atoms with E-state index in [9.17, 15) is 14.4 Å². The van der Waals surface area contributed by atoms with Crippen LogP contribution in [0, 0.1) is 6.92 Å². The second-order valence-corrected chi connectivity index (χ2v) is 9.51. The quantitative estimate of drug-likeness (QED) is 0.517. The Labute approximate surface area is 188 Å². The van der Waals surface area contributed by atoms with Crippen LogP contribution in [0.4, 0.5) is 11.5 Å². The lowest BCUT2D eigenvalue weighted by Crippen LogP contribution is -2.42. The normalized spacial score (nSPS) is 14.5. The van der Waals surface area contributed by atoms with Crippen LogP contribution in [0.1, 0.15) is 39.6 Å². The number of aromatic nitrogens is 3. The Morgan fingerprint density at radius 2 is 2.00 bits per heavy atom. The van der Waals surface area contributed by atoms with Crippen LogP contribution in [0.25, 0.3) is 10.2 Å². The van der Waals surface area contributed by atoms with E-state index in [2.05, 4.69) is 25.9 Å². The molecule has 0 saturated carbocycles. The molecule has 32 heavy (non-hydrogen) atoms. The molecule has 3 N–H and O–H groups in total. The van der Waals surface area contributed by atoms with Gasteiger partial charge in [-0.25, -0.2) is 9.97 Å². The Bertz CT molecular complexity index is 1290. The number of hydrogen-bond donors (Lipinski definition) is 3. The Morgan fingerprint density at radius 1 is 1.25 bits per heavy atom. The standard InChI is InChI=1S/C21H25N7O3S/c1-11-8-13(20(31)28-15(11)18(30)26-21(28,2)3)25-16-12-9-14(32-19(12)24-10-23-16)17(29)22-6-7-27(4)5/h8-10H,6-7H2,1-5H3,(H,22,29)(H,26,30)(H,23,24,25). The lowest BCUT2D eigenvalue weighted by molar-refractivity contribution is 0.0931. The molecule has 1 aliphatic rings. The second-order valence-electron chi connectivity index (χ2n) is 8.48. The maximum atomic E-state index is 13.2. The number of carbonyl (C=O) groups excluding carboxylic acids is 2. The van der Waals surface area contributed by atoms with E-state index in [1.807, 2.05) is 19.0 Å². The van der Waals surface area contributed by atoms with E-state index in [4.69, 9.17) is 0 Å². The zero-order valence-electron chi connectivity index (χ0n) is 18.6. The highest BCUT2D eigenvalue weighted by Crippen LogP contribution is 2.30. The van der Waals surface area contributed by atoms with Crippen LogP contribution in [-0.2, 0) is 5.66 Å². The van der Waals surface area contributed by atoms with Gasteiger partial charge >= 0.3 is 0 Å². The Hall–Kier alpha value is -3.31. The van der Waals surface area contributed by atoms with Crippen molar-refractivity contribution in [3.05, 3.63) is 44.9 Å². The minimum atomic E-state index is -0.840. The molecule has 3 aromatic heterocycles. The number of thiophene rings is 1. The molecule has 0 fully saturated rings. The van der Waals surface area contributed by atoms with Crippen molar-refractivity contribution in [3.63, 3.8) is 0 Å². The first-order valence-corrected chi connectivity index (χ1v) is 10.9. The molecule has 0 radical (unpaired) electrons. The number of anilines is 2. The highest BCUT2D eigenvalue weighted by atomic mass is 32.1. The number of carbonyl (C=O) groups is 2. The molecular weight excluding hydrogens is 430 g/mol. The van der Waals surface area contributed by atoms with E-state index in [0.717, 1.165) is 6.54 Å². The predicted octanol–water partition coefficient (Wildman–Crippen LogP) is 1.63. The van der Waals surface area contributed by atoms with Crippen LogP contribution in [0.5, 0.6) is 0 Å². The van der Waals surface area contributed by atoms with Crippen LogP contribution < -0.4 is 21.5 Å². The molecule has 1 aliphatic heterocycles. The molecule has 168 valence electrons. The average Bonchev–Trinajstić information content (AvgIpc) is 3.24. The first-order chi connectivity index (χ1) is 15.1. The van der Waals surface area contributed by atoms with Crippen LogP contribution in [0.15, 0.2) is 23.3 Å². The second kappa shape index (κ2) is 7.99. The minimum Gasteiger partial charge on any atom is -0.350 e. The molecule has 0 atom stereocenters. The van der Waals surface area contributed by atoms with Crippen molar-refractivity contribution in [1.82, 2.24) is 30.1 Å². The molecule has 0 bridgehead atoms. The summed E-state index contributed by atoms with van der Waals surface area (Å²) in [6.07, 6.45) is 1.39. The molecule has 10 nitrogen and oxygen atoms in total. The maximum Gasteiger partial charge on any atom is 0.276 e. The number of amides is 2. The van der Waals surface area contributed by atoms with Gasteiger partial charge in [0.2, 0.25) is 0 Å². The van der Waals surface area contributed by atoms with Gasteiger partial charge < -0.3 is 20.9 Å². The first kappa shape index (κ1) is 21.9. The number of hydrogen-bond acceptors (Lipinski definition) is 8. The van der Waals surface area contributed by atoms with E-state index in [-0.39, 0.29) is 17.4 Å². The fourth-order valence-electron chi connectivity index (χ4n) is 3.72. The highest BCUT2D eigenvalue weighted by Gasteiger charge is 2.37. The summed E-state index contributed by atoms with van der Waals surface area (Å²) in [5.74, 6) is -0.0327. The summed E-state index contributed by atoms with van der Waals surface area (Å²) in [5.41, 5.74) is 0.140. The van der Waals surface area contributed by atoms with Gasteiger partial charge in [0.1, 0.15) is 34.0 Å². The summed E-state index contributed by atoms with van der Waals surface area (Å²) in [6.45, 7) is 6.60. The van der Waals surface area contributed by atoms with Gasteiger partial charge in [-0.1, -0.05) is 0 Å². The Morgan fingerprint density at radius 3 is 2.72 bits per heavy atom. The third kappa shape index (κ3) is 3.84. The van der Waals surface area contributed by atoms with Gasteiger partial charge in [0, 0.05) is 13.1 Å². The minimum absolute atomic E-state index is 0.180. The fraction of sp³-hybridized carbons (Fsp3) is 0.381. The summed E-state index contributed by atoms with van der Waals surface area (Å²) in [6, 6.07) is 3.37. The molecule has 3 aromatic rings. The molecule has 0 aromatic carbocycles. The van der Waals surface area contributed by atoms with Gasteiger partial charge in [-0.15, -0.1) is 11.3 Å². The molecular formula is C21H25N7O3S. The van der Waals surface area contributed by atoms with Crippen molar-refractivity contribution >= 4 is 44.9 Å². The van der Waals surface area contributed by atoms with Crippen LogP contribution in [0.3, 0.4) is 0 Å². The third-order valence-electron chi connectivity index (χ3n) is 5.24. The SMILES string of the molecule is Cc1cc(Nc2ncnc3sc(C(=O)NCCN(C)C)cc23)c(=O)n2c1C(=O)NC2(C)C. The maximum absolute atomic E-state index is 13.2. The summed E-state index contributed by atoms with van der Waals surface area (Å²) in [7, 11) is 3.88. The largest absolute Gasteiger partial charge is 0.350 e. The Balaban J connectivity index is 1.68. The molecule has 0 aliphatic carbocycles. The molecule has 0 saturated heterocycles. The highest BCUT2D eigenvalue weighted by molar-refractivity contribution is 7.20. The number of aryl methyl sites for hydroxylation is 1. The molecule has 11 heteroatoms. The number of fused-ring (bicyclic) bond motifs is 2. The van der Waals surface area contributed by atoms with Crippen LogP contribution in [0.2, 0.25) is 0 Å². The molecule has 0 unspecified atom stereocenters. The van der Waals surface area contributed by atoms with Gasteiger partial charge in [0.15, 0.2) is 0 Å². The average molecular weight is 456 g/mol. The monoisotopic (exact) mass is 455 g/mol. The number of rotatable bonds is 6. The van der Waals surface area contributed by atoms with Crippen molar-refractivity contribution in [1.29, 1.82) is 0 Å². The van der Waals surface area contributed by atoms with Crippen molar-refractivity contribution in [2.45, 2.75) is 26.4 Å². The topological polar surface area (TPSA) is 121 Å². The van der Waals surface area contributed by atoms with Gasteiger partial charge in [0.25, 0.3) is 17.4 Å². The van der Waals surface area contributed by atoms with Crippen LogP contribution >= 0.6 is 11.3 Å². The van der Waals surface area contributed by atoms with Crippen molar-refractivity contribution in [3.8, 4) is 0 Å². The lowest BCUT2D eigenvalue weighted by atomic mass is 10.1. The molecule has 4 heterocycles. The van der Waals surface area contributed by atoms with E-state index in [0.29, 0.717) is 44.4 Å². The molecule has 4 rings (SSSR count). The summed E-state index contributed by atoms with van der Waals surface area (Å²) >= 11 is 1.26. The van der Waals surface area contributed by atoms with Crippen LogP contribution in [-0.4, -0.2) is 58.4 Å². The van der Waals surface area contributed by atoms with Gasteiger partial charge in [0.05, 0.1) is 10.3 Å². The van der Waals surface area contributed by atoms with E-state index in [1.165, 1.54) is 22.2 Å². The van der Waals surface area contributed by atoms with E-state index < -0.39 is 5.66 Å². The number of likely N-dealkylation sites (N-methyl/N-ethyl adjacent to an activating group) is 1. The first-order valence-electron chi connectivity index (χ1n) is 10.1. The third-order valence-corrected chi connectivity index (χ3v) is 6.28. The summed E-state index contributed by atoms with van der Waals surface area (Å²) in [5, 5.41) is 9.45. The zero-order chi connectivity index (χ0) is 23.2. The fourth-order valence-corrected chi connectivity index (χ4v) is 4.63. The van der Waals surface area contributed by atoms with Crippen molar-refractivity contribution < 1.29 is 9.59 Å². The number of nitrogens with zero attached hydrogens (tertiary/aromatic N) is 4. The molecule has 2 amide bonds. The van der Waals surface area contributed by atoms with E-state index in [1.54, 1.807) is 32.9 Å². The lowest BCUT2D eigenvalue weighted by Gasteiger charge is -2.22. The van der Waals surface area contributed by atoms with Gasteiger partial charge in [-0.05, 0) is 52.6 Å².